The lowest BCUT2D eigenvalue weighted by Gasteiger charge is -2.37. The van der Waals surface area contributed by atoms with Crippen LogP contribution in [0.25, 0.3) is 0 Å². The number of rotatable bonds is 10. The third-order valence-electron chi connectivity index (χ3n) is 7.61. The van der Waals surface area contributed by atoms with E-state index in [-0.39, 0.29) is 18.9 Å². The first kappa shape index (κ1) is 32.5. The van der Waals surface area contributed by atoms with Crippen molar-refractivity contribution in [2.24, 2.45) is 16.7 Å². The Morgan fingerprint density at radius 3 is 2.15 bits per heavy atom. The van der Waals surface area contributed by atoms with Gasteiger partial charge in [-0.1, -0.05) is 47.6 Å². The molecule has 1 saturated carbocycles. The van der Waals surface area contributed by atoms with Gasteiger partial charge in [-0.3, -0.25) is 9.59 Å². The normalized spacial score (nSPS) is 25.0. The monoisotopic (exact) mass is 571 g/mol. The summed E-state index contributed by atoms with van der Waals surface area (Å²) < 4.78 is 25.1. The molecule has 222 valence electrons. The van der Waals surface area contributed by atoms with Crippen LogP contribution in [0.1, 0.15) is 60.8 Å². The van der Waals surface area contributed by atoms with Gasteiger partial charge in [0.25, 0.3) is 0 Å². The Balaban J connectivity index is 2.20. The highest BCUT2D eigenvalue weighted by atomic mass is 32.2. The summed E-state index contributed by atoms with van der Waals surface area (Å²) in [4.78, 5) is 53.3. The number of nitrogens with zero attached hydrogens (tertiary/aromatic N) is 2. The minimum Gasteiger partial charge on any atom is -0.479 e. The number of carbonyl (C=O) groups excluding carboxylic acids is 3. The molecule has 4 amide bonds. The summed E-state index contributed by atoms with van der Waals surface area (Å²) in [5.41, 5.74) is -2.63. The highest BCUT2D eigenvalue weighted by Gasteiger charge is 2.61. The van der Waals surface area contributed by atoms with Crippen LogP contribution in [0.3, 0.4) is 0 Å². The third-order valence-corrected chi connectivity index (χ3v) is 8.89. The summed E-state index contributed by atoms with van der Waals surface area (Å²) in [5.74, 6) is -2.51. The second-order valence-corrected chi connectivity index (χ2v) is 15.0. The van der Waals surface area contributed by atoms with Gasteiger partial charge in [-0.2, -0.15) is 0 Å². The molecule has 5 atom stereocenters. The van der Waals surface area contributed by atoms with Crippen molar-refractivity contribution in [3.8, 4) is 0 Å². The van der Waals surface area contributed by atoms with Crippen LogP contribution in [-0.4, -0.2) is 96.6 Å². The van der Waals surface area contributed by atoms with Crippen LogP contribution in [-0.2, 0) is 24.4 Å². The molecule has 0 aromatic carbocycles. The molecule has 1 heterocycles. The Kier molecular flexibility index (Phi) is 9.55. The number of likely N-dealkylation sites (N-methyl/N-ethyl adjacent to an activating group) is 1. The maximum absolute atomic E-state index is 13.8. The fraction of sp³-hybridized carbons (Fsp3) is 0.769. The molecule has 39 heavy (non-hydrogen) atoms. The number of nitrogens with one attached hydrogen (secondary N) is 3. The van der Waals surface area contributed by atoms with Crippen molar-refractivity contribution in [1.29, 1.82) is 0 Å². The lowest BCUT2D eigenvalue weighted by molar-refractivity contribution is -0.146. The number of carboxylic acid groups (broad SMARTS) is 1. The molecule has 0 aromatic rings. The maximum atomic E-state index is 13.8. The van der Waals surface area contributed by atoms with Gasteiger partial charge < -0.3 is 26.0 Å². The van der Waals surface area contributed by atoms with E-state index in [0.29, 0.717) is 19.4 Å². The molecule has 0 aromatic heterocycles. The van der Waals surface area contributed by atoms with E-state index in [1.54, 1.807) is 20.8 Å². The topological polar surface area (TPSA) is 165 Å². The van der Waals surface area contributed by atoms with Crippen molar-refractivity contribution in [1.82, 2.24) is 25.2 Å². The molecule has 2 rings (SSSR count). The molecule has 4 N–H and O–H groups in total. The van der Waals surface area contributed by atoms with Crippen LogP contribution in [0.2, 0.25) is 0 Å². The second kappa shape index (κ2) is 11.4. The maximum Gasteiger partial charge on any atom is 0.330 e. The van der Waals surface area contributed by atoms with Gasteiger partial charge in [-0.25, -0.2) is 22.3 Å². The standard InChI is InChI=1S/C26H45N5O7S/c1-10-16-14-26(16,22(34)35)29-20(32)17-12-11-13-31(17)21(33)19(25(5,6)7)28-23(36)27-18(24(2,3)4)15-30(8)39(9,37)38/h10,16-19H,1,11-15H2,2-9H3,(H,29,32)(H,34,35)(H2,27,28,36)/t16?,17-,18+,19+,26+/m0/s1. The lowest BCUT2D eigenvalue weighted by Crippen LogP contribution is -2.62. The number of carbonyl (C=O) groups is 4. The summed E-state index contributed by atoms with van der Waals surface area (Å²) in [7, 11) is -2.05. The summed E-state index contributed by atoms with van der Waals surface area (Å²) >= 11 is 0. The minimum absolute atomic E-state index is 0.0370. The van der Waals surface area contributed by atoms with Gasteiger partial charge in [0.1, 0.15) is 17.6 Å². The molecular formula is C26H45N5O7S. The molecule has 12 nitrogen and oxygen atoms in total. The van der Waals surface area contributed by atoms with Crippen LogP contribution in [0.15, 0.2) is 12.7 Å². The summed E-state index contributed by atoms with van der Waals surface area (Å²) in [5, 5.41) is 17.9. The van der Waals surface area contributed by atoms with Crippen molar-refractivity contribution < 1.29 is 32.7 Å². The van der Waals surface area contributed by atoms with Crippen molar-refractivity contribution in [2.45, 2.75) is 84.5 Å². The van der Waals surface area contributed by atoms with Crippen LogP contribution in [0.5, 0.6) is 0 Å². The third kappa shape index (κ3) is 7.71. The molecule has 13 heteroatoms. The fourth-order valence-electron chi connectivity index (χ4n) is 4.70. The van der Waals surface area contributed by atoms with E-state index in [4.69, 9.17) is 0 Å². The number of aliphatic carboxylic acids is 1. The smallest absolute Gasteiger partial charge is 0.330 e. The molecule has 2 aliphatic rings. The Morgan fingerprint density at radius 1 is 1.13 bits per heavy atom. The summed E-state index contributed by atoms with van der Waals surface area (Å²) in [6.07, 6.45) is 3.76. The fourth-order valence-corrected chi connectivity index (χ4v) is 5.12. The Morgan fingerprint density at radius 2 is 1.72 bits per heavy atom. The van der Waals surface area contributed by atoms with E-state index in [1.165, 1.54) is 18.0 Å². The highest BCUT2D eigenvalue weighted by Crippen LogP contribution is 2.45. The van der Waals surface area contributed by atoms with Crippen LogP contribution >= 0.6 is 0 Å². The predicted molar refractivity (Wildman–Crippen MR) is 147 cm³/mol. The van der Waals surface area contributed by atoms with E-state index in [2.05, 4.69) is 22.5 Å². The quantitative estimate of drug-likeness (QED) is 0.286. The Bertz CT molecular complexity index is 1090. The van der Waals surface area contributed by atoms with Gasteiger partial charge in [0.05, 0.1) is 6.26 Å². The average molecular weight is 572 g/mol. The zero-order valence-corrected chi connectivity index (χ0v) is 25.1. The highest BCUT2D eigenvalue weighted by molar-refractivity contribution is 7.88. The summed E-state index contributed by atoms with van der Waals surface area (Å²) in [6.45, 7) is 14.9. The van der Waals surface area contributed by atoms with Crippen LogP contribution < -0.4 is 16.0 Å². The molecule has 1 aliphatic heterocycles. The van der Waals surface area contributed by atoms with E-state index >= 15 is 0 Å². The number of carboxylic acids is 1. The first-order valence-electron chi connectivity index (χ1n) is 13.1. The molecule has 0 radical (unpaired) electrons. The second-order valence-electron chi connectivity index (χ2n) is 12.9. The number of amides is 4. The van der Waals surface area contributed by atoms with Gasteiger partial charge in [0.15, 0.2) is 0 Å². The zero-order chi connectivity index (χ0) is 30.1. The number of urea groups is 1. The zero-order valence-electron chi connectivity index (χ0n) is 24.3. The van der Waals surface area contributed by atoms with Gasteiger partial charge >= 0.3 is 12.0 Å². The predicted octanol–water partition coefficient (Wildman–Crippen LogP) is 1.14. The van der Waals surface area contributed by atoms with E-state index in [9.17, 15) is 32.7 Å². The number of sulfonamides is 1. The molecule has 1 saturated heterocycles. The van der Waals surface area contributed by atoms with Gasteiger partial charge in [0, 0.05) is 32.1 Å². The first-order chi connectivity index (χ1) is 17.6. The minimum atomic E-state index is -3.48. The SMILES string of the molecule is C=CC1C[C@]1(NC(=O)[C@@H]1CCCN1C(=O)[C@@H](NC(=O)N[C@H](CN(C)S(C)(=O)=O)C(C)(C)C)C(C)(C)C)C(=O)O. The molecule has 0 bridgehead atoms. The lowest BCUT2D eigenvalue weighted by atomic mass is 9.85. The molecule has 0 spiro atoms. The van der Waals surface area contributed by atoms with Crippen molar-refractivity contribution in [3.63, 3.8) is 0 Å². The summed E-state index contributed by atoms with van der Waals surface area (Å²) in [6, 6.07) is -3.07. The Hall–Kier alpha value is -2.67. The molecule has 1 aliphatic carbocycles. The van der Waals surface area contributed by atoms with Gasteiger partial charge in [-0.05, 0) is 30.1 Å². The van der Waals surface area contributed by atoms with Gasteiger partial charge in [-0.15, -0.1) is 6.58 Å². The van der Waals surface area contributed by atoms with Crippen molar-refractivity contribution in [3.05, 3.63) is 12.7 Å². The number of hydrogen-bond donors (Lipinski definition) is 4. The number of hydrogen-bond acceptors (Lipinski definition) is 6. The van der Waals surface area contributed by atoms with Crippen LogP contribution in [0, 0.1) is 16.7 Å². The van der Waals surface area contributed by atoms with E-state index in [1.807, 2.05) is 20.8 Å². The van der Waals surface area contributed by atoms with E-state index in [0.717, 1.165) is 10.6 Å². The van der Waals surface area contributed by atoms with E-state index < -0.39 is 68.3 Å². The van der Waals surface area contributed by atoms with Crippen molar-refractivity contribution >= 4 is 33.8 Å². The Labute approximate surface area is 232 Å². The van der Waals surface area contributed by atoms with Crippen molar-refractivity contribution in [2.75, 3.05) is 26.4 Å². The molecule has 2 fully saturated rings. The molecule has 1 unspecified atom stereocenters. The number of likely N-dealkylation sites (tertiary alicyclic amines) is 1. The molecular weight excluding hydrogens is 526 g/mol. The van der Waals surface area contributed by atoms with Crippen LogP contribution in [0.4, 0.5) is 4.79 Å². The average Bonchev–Trinajstić information content (AvgIpc) is 3.27. The largest absolute Gasteiger partial charge is 0.479 e. The first-order valence-corrected chi connectivity index (χ1v) is 15.0. The van der Waals surface area contributed by atoms with Gasteiger partial charge in [0.2, 0.25) is 21.8 Å².